The van der Waals surface area contributed by atoms with Gasteiger partial charge in [0.05, 0.1) is 6.10 Å². The minimum atomic E-state index is -0.365. The molecule has 1 aromatic rings. The molecule has 1 aromatic carbocycles. The van der Waals surface area contributed by atoms with E-state index in [1.807, 2.05) is 0 Å². The molecule has 1 aliphatic carbocycles. The Bertz CT molecular complexity index is 465. The van der Waals surface area contributed by atoms with Crippen LogP contribution in [-0.4, -0.2) is 16.8 Å². The summed E-state index contributed by atoms with van der Waals surface area (Å²) in [7, 11) is 0. The van der Waals surface area contributed by atoms with E-state index in [0.29, 0.717) is 6.42 Å². The van der Waals surface area contributed by atoms with E-state index >= 15 is 0 Å². The van der Waals surface area contributed by atoms with Crippen LogP contribution in [-0.2, 0) is 12.8 Å². The van der Waals surface area contributed by atoms with Gasteiger partial charge in [0.1, 0.15) is 0 Å². The maximum Gasteiger partial charge on any atom is 0.0851 e. The van der Waals surface area contributed by atoms with Crippen LogP contribution < -0.4 is 0 Å². The zero-order chi connectivity index (χ0) is 13.5. The topological polar surface area (TPSA) is 40.5 Å². The fourth-order valence-electron chi connectivity index (χ4n) is 3.35. The van der Waals surface area contributed by atoms with Crippen molar-refractivity contribution in [3.8, 4) is 0 Å². The first-order valence-electron chi connectivity index (χ1n) is 6.85. The lowest BCUT2D eigenvalue weighted by Gasteiger charge is -2.27. The standard InChI is InChI=1S/C16H24O2/c1-5-16(4)9-12-8-10(2)13(6-7-17)11(3)14(12)15(16)18/h8,15,17-18H,5-7,9H2,1-4H3. The zero-order valence-electron chi connectivity index (χ0n) is 11.9. The van der Waals surface area contributed by atoms with Crippen molar-refractivity contribution in [3.63, 3.8) is 0 Å². The van der Waals surface area contributed by atoms with Crippen LogP contribution in [0.5, 0.6) is 0 Å². The zero-order valence-corrected chi connectivity index (χ0v) is 11.9. The fraction of sp³-hybridized carbons (Fsp3) is 0.625. The molecule has 0 fully saturated rings. The van der Waals surface area contributed by atoms with Gasteiger partial charge >= 0.3 is 0 Å². The normalized spacial score (nSPS) is 26.4. The number of hydrogen-bond acceptors (Lipinski definition) is 2. The number of benzene rings is 1. The number of aliphatic hydroxyl groups excluding tert-OH is 2. The highest BCUT2D eigenvalue weighted by Crippen LogP contribution is 2.49. The molecule has 0 radical (unpaired) electrons. The molecule has 0 aromatic heterocycles. The van der Waals surface area contributed by atoms with Crippen molar-refractivity contribution in [1.82, 2.24) is 0 Å². The van der Waals surface area contributed by atoms with Gasteiger partial charge in [-0.3, -0.25) is 0 Å². The smallest absolute Gasteiger partial charge is 0.0851 e. The molecule has 2 N–H and O–H groups in total. The minimum absolute atomic E-state index is 0.0304. The molecule has 0 amide bonds. The Hall–Kier alpha value is -0.860. The number of aryl methyl sites for hydroxylation is 1. The van der Waals surface area contributed by atoms with Gasteiger partial charge in [0, 0.05) is 12.0 Å². The molecule has 1 aliphatic rings. The highest BCUT2D eigenvalue weighted by Gasteiger charge is 2.41. The van der Waals surface area contributed by atoms with Crippen molar-refractivity contribution in [2.75, 3.05) is 6.61 Å². The molecule has 0 saturated heterocycles. The maximum atomic E-state index is 10.6. The van der Waals surface area contributed by atoms with Crippen molar-refractivity contribution in [2.24, 2.45) is 5.41 Å². The third-order valence-electron chi connectivity index (χ3n) is 4.77. The van der Waals surface area contributed by atoms with E-state index in [-0.39, 0.29) is 18.1 Å². The third kappa shape index (κ3) is 1.88. The van der Waals surface area contributed by atoms with Gasteiger partial charge in [-0.15, -0.1) is 0 Å². The van der Waals surface area contributed by atoms with Crippen LogP contribution in [0.25, 0.3) is 0 Å². The second kappa shape index (κ2) is 4.67. The molecule has 0 spiro atoms. The van der Waals surface area contributed by atoms with Crippen LogP contribution in [0.3, 0.4) is 0 Å². The Morgan fingerprint density at radius 2 is 2.06 bits per heavy atom. The summed E-state index contributed by atoms with van der Waals surface area (Å²) in [5.41, 5.74) is 6.02. The lowest BCUT2D eigenvalue weighted by atomic mass is 9.82. The van der Waals surface area contributed by atoms with Gasteiger partial charge in [0.2, 0.25) is 0 Å². The van der Waals surface area contributed by atoms with E-state index in [4.69, 9.17) is 5.11 Å². The summed E-state index contributed by atoms with van der Waals surface area (Å²) in [6, 6.07) is 2.21. The second-order valence-corrected chi connectivity index (χ2v) is 5.93. The first kappa shape index (κ1) is 13.6. The molecule has 0 bridgehead atoms. The van der Waals surface area contributed by atoms with E-state index in [9.17, 15) is 5.11 Å². The number of rotatable bonds is 3. The number of fused-ring (bicyclic) bond motifs is 1. The molecule has 0 saturated carbocycles. The van der Waals surface area contributed by atoms with Crippen molar-refractivity contribution in [1.29, 1.82) is 0 Å². The molecular weight excluding hydrogens is 224 g/mol. The predicted molar refractivity (Wildman–Crippen MR) is 73.8 cm³/mol. The van der Waals surface area contributed by atoms with Crippen LogP contribution in [0.1, 0.15) is 54.2 Å². The lowest BCUT2D eigenvalue weighted by molar-refractivity contribution is 0.0493. The molecule has 18 heavy (non-hydrogen) atoms. The second-order valence-electron chi connectivity index (χ2n) is 5.93. The van der Waals surface area contributed by atoms with Crippen LogP contribution in [0.2, 0.25) is 0 Å². The molecule has 2 heteroatoms. The summed E-state index contributed by atoms with van der Waals surface area (Å²) in [6.07, 6.45) is 2.26. The molecule has 2 atom stereocenters. The van der Waals surface area contributed by atoms with E-state index in [0.717, 1.165) is 18.4 Å². The van der Waals surface area contributed by atoms with Gasteiger partial charge in [-0.2, -0.15) is 0 Å². The molecule has 0 heterocycles. The summed E-state index contributed by atoms with van der Waals surface area (Å²) in [6.45, 7) is 8.67. The first-order valence-corrected chi connectivity index (χ1v) is 6.85. The maximum absolute atomic E-state index is 10.6. The average molecular weight is 248 g/mol. The third-order valence-corrected chi connectivity index (χ3v) is 4.77. The summed E-state index contributed by atoms with van der Waals surface area (Å²) >= 11 is 0. The summed E-state index contributed by atoms with van der Waals surface area (Å²) < 4.78 is 0. The Kier molecular flexibility index (Phi) is 3.52. The highest BCUT2D eigenvalue weighted by molar-refractivity contribution is 5.50. The number of aliphatic hydroxyl groups is 2. The molecule has 2 rings (SSSR count). The van der Waals surface area contributed by atoms with Crippen LogP contribution in [0.15, 0.2) is 6.07 Å². The van der Waals surface area contributed by atoms with Gasteiger partial charge in [0.25, 0.3) is 0 Å². The van der Waals surface area contributed by atoms with E-state index in [1.54, 1.807) is 0 Å². The highest BCUT2D eigenvalue weighted by atomic mass is 16.3. The Labute approximate surface area is 110 Å². The van der Waals surface area contributed by atoms with Gasteiger partial charge in [-0.25, -0.2) is 0 Å². The largest absolute Gasteiger partial charge is 0.396 e. The minimum Gasteiger partial charge on any atom is -0.396 e. The van der Waals surface area contributed by atoms with Gasteiger partial charge in [-0.05, 0) is 60.9 Å². The lowest BCUT2D eigenvalue weighted by Crippen LogP contribution is -2.21. The van der Waals surface area contributed by atoms with Gasteiger partial charge < -0.3 is 10.2 Å². The molecule has 2 unspecified atom stereocenters. The first-order chi connectivity index (χ1) is 8.44. The fourth-order valence-corrected chi connectivity index (χ4v) is 3.35. The van der Waals surface area contributed by atoms with E-state index in [2.05, 4.69) is 33.8 Å². The van der Waals surface area contributed by atoms with E-state index < -0.39 is 0 Å². The predicted octanol–water partition coefficient (Wildman–Crippen LogP) is 2.84. The summed E-state index contributed by atoms with van der Waals surface area (Å²) in [5, 5.41) is 19.8. The van der Waals surface area contributed by atoms with E-state index in [1.165, 1.54) is 22.3 Å². The van der Waals surface area contributed by atoms with Crippen LogP contribution >= 0.6 is 0 Å². The van der Waals surface area contributed by atoms with Crippen molar-refractivity contribution in [3.05, 3.63) is 33.9 Å². The number of hydrogen-bond donors (Lipinski definition) is 2. The van der Waals surface area contributed by atoms with Crippen molar-refractivity contribution < 1.29 is 10.2 Å². The molecule has 2 nitrogen and oxygen atoms in total. The average Bonchev–Trinajstić information content (AvgIpc) is 2.58. The quantitative estimate of drug-likeness (QED) is 0.863. The van der Waals surface area contributed by atoms with Crippen molar-refractivity contribution in [2.45, 2.75) is 53.1 Å². The van der Waals surface area contributed by atoms with Crippen LogP contribution in [0.4, 0.5) is 0 Å². The van der Waals surface area contributed by atoms with Gasteiger partial charge in [-0.1, -0.05) is 19.9 Å². The monoisotopic (exact) mass is 248 g/mol. The van der Waals surface area contributed by atoms with Crippen LogP contribution in [0, 0.1) is 19.3 Å². The Morgan fingerprint density at radius 1 is 1.39 bits per heavy atom. The van der Waals surface area contributed by atoms with Gasteiger partial charge in [0.15, 0.2) is 0 Å². The molecular formula is C16H24O2. The molecule has 100 valence electrons. The Balaban J connectivity index is 2.55. The Morgan fingerprint density at radius 3 is 2.61 bits per heavy atom. The summed E-state index contributed by atoms with van der Waals surface area (Å²) in [5.74, 6) is 0. The summed E-state index contributed by atoms with van der Waals surface area (Å²) in [4.78, 5) is 0. The van der Waals surface area contributed by atoms with Crippen molar-refractivity contribution >= 4 is 0 Å². The molecule has 0 aliphatic heterocycles. The SMILES string of the molecule is CCC1(C)Cc2cc(C)c(CCO)c(C)c2C1O.